The normalized spacial score (nSPS) is 34.3. The third-order valence-electron chi connectivity index (χ3n) is 4.33. The fourth-order valence-corrected chi connectivity index (χ4v) is 3.55. The summed E-state index contributed by atoms with van der Waals surface area (Å²) < 4.78 is 0. The highest BCUT2D eigenvalue weighted by molar-refractivity contribution is 5.94. The largest absolute Gasteiger partial charge is 0.349 e. The van der Waals surface area contributed by atoms with Gasteiger partial charge in [-0.3, -0.25) is 9.78 Å². The van der Waals surface area contributed by atoms with Gasteiger partial charge in [-0.15, -0.1) is 0 Å². The molecule has 0 radical (unpaired) electrons. The summed E-state index contributed by atoms with van der Waals surface area (Å²) in [4.78, 5) is 15.9. The molecule has 4 nitrogen and oxygen atoms in total. The number of aromatic nitrogens is 1. The van der Waals surface area contributed by atoms with Gasteiger partial charge >= 0.3 is 0 Å². The van der Waals surface area contributed by atoms with Crippen molar-refractivity contribution < 1.29 is 4.79 Å². The van der Waals surface area contributed by atoms with E-state index in [9.17, 15) is 4.79 Å². The first-order valence-corrected chi connectivity index (χ1v) is 6.69. The van der Waals surface area contributed by atoms with Gasteiger partial charge in [-0.25, -0.2) is 0 Å². The molecule has 18 heavy (non-hydrogen) atoms. The number of rotatable bonds is 2. The molecule has 1 aromatic heterocycles. The molecular formula is C14H19N3O. The monoisotopic (exact) mass is 245 g/mol. The first kappa shape index (κ1) is 11.7. The van der Waals surface area contributed by atoms with Crippen LogP contribution >= 0.6 is 0 Å². The van der Waals surface area contributed by atoms with Gasteiger partial charge in [0.25, 0.3) is 5.91 Å². The Kier molecular flexibility index (Phi) is 3.04. The SMILES string of the molecule is NC1CC2CC(NC(=O)c3ccncc3)CC2C1. The van der Waals surface area contributed by atoms with Gasteiger partial charge in [0, 0.05) is 30.0 Å². The van der Waals surface area contributed by atoms with Crippen molar-refractivity contribution in [2.75, 3.05) is 0 Å². The second-order valence-corrected chi connectivity index (χ2v) is 5.63. The first-order chi connectivity index (χ1) is 8.72. The average Bonchev–Trinajstić information content (AvgIpc) is 2.86. The maximum absolute atomic E-state index is 12.0. The summed E-state index contributed by atoms with van der Waals surface area (Å²) in [5.74, 6) is 1.47. The molecule has 4 heteroatoms. The number of carbonyl (C=O) groups excluding carboxylic acids is 1. The molecule has 0 aromatic carbocycles. The van der Waals surface area contributed by atoms with Crippen LogP contribution in [0.1, 0.15) is 36.0 Å². The number of carbonyl (C=O) groups is 1. The fourth-order valence-electron chi connectivity index (χ4n) is 3.55. The lowest BCUT2D eigenvalue weighted by Crippen LogP contribution is -2.33. The van der Waals surface area contributed by atoms with E-state index in [1.165, 1.54) is 0 Å². The number of nitrogens with one attached hydrogen (secondary N) is 1. The van der Waals surface area contributed by atoms with Gasteiger partial charge in [0.2, 0.25) is 0 Å². The number of amides is 1. The third kappa shape index (κ3) is 2.25. The maximum atomic E-state index is 12.0. The minimum absolute atomic E-state index is 0.0201. The van der Waals surface area contributed by atoms with E-state index >= 15 is 0 Å². The van der Waals surface area contributed by atoms with Crippen LogP contribution in [-0.4, -0.2) is 23.0 Å². The smallest absolute Gasteiger partial charge is 0.251 e. The molecule has 2 unspecified atom stereocenters. The lowest BCUT2D eigenvalue weighted by Gasteiger charge is -2.14. The van der Waals surface area contributed by atoms with Crippen molar-refractivity contribution >= 4 is 5.91 Å². The van der Waals surface area contributed by atoms with Gasteiger partial charge < -0.3 is 11.1 Å². The van der Waals surface area contributed by atoms with Gasteiger partial charge in [0.1, 0.15) is 0 Å². The number of fused-ring (bicyclic) bond motifs is 1. The Morgan fingerprint density at radius 1 is 1.17 bits per heavy atom. The van der Waals surface area contributed by atoms with Crippen molar-refractivity contribution in [3.05, 3.63) is 30.1 Å². The summed E-state index contributed by atoms with van der Waals surface area (Å²) in [6.45, 7) is 0. The molecule has 3 rings (SSSR count). The Morgan fingerprint density at radius 2 is 1.78 bits per heavy atom. The molecule has 2 fully saturated rings. The van der Waals surface area contributed by atoms with Gasteiger partial charge in [0.05, 0.1) is 0 Å². The minimum atomic E-state index is 0.0201. The Balaban J connectivity index is 1.58. The van der Waals surface area contributed by atoms with Crippen molar-refractivity contribution in [3.8, 4) is 0 Å². The van der Waals surface area contributed by atoms with Crippen molar-refractivity contribution in [1.82, 2.24) is 10.3 Å². The molecule has 2 aliphatic rings. The molecule has 1 heterocycles. The van der Waals surface area contributed by atoms with Crippen LogP contribution in [0.25, 0.3) is 0 Å². The highest BCUT2D eigenvalue weighted by Crippen LogP contribution is 2.43. The summed E-state index contributed by atoms with van der Waals surface area (Å²) in [7, 11) is 0. The number of pyridine rings is 1. The van der Waals surface area contributed by atoms with Crippen LogP contribution in [0.15, 0.2) is 24.5 Å². The predicted octanol–water partition coefficient (Wildman–Crippen LogP) is 1.33. The Bertz CT molecular complexity index is 420. The Morgan fingerprint density at radius 3 is 2.39 bits per heavy atom. The van der Waals surface area contributed by atoms with Crippen molar-refractivity contribution in [3.63, 3.8) is 0 Å². The summed E-state index contributed by atoms with van der Waals surface area (Å²) in [5.41, 5.74) is 6.66. The average molecular weight is 245 g/mol. The van der Waals surface area contributed by atoms with Crippen LogP contribution in [0.5, 0.6) is 0 Å². The van der Waals surface area contributed by atoms with Gasteiger partial charge in [-0.05, 0) is 49.7 Å². The number of hydrogen-bond acceptors (Lipinski definition) is 3. The van der Waals surface area contributed by atoms with E-state index in [1.54, 1.807) is 24.5 Å². The molecule has 2 aliphatic carbocycles. The maximum Gasteiger partial charge on any atom is 0.251 e. The summed E-state index contributed by atoms with van der Waals surface area (Å²) in [6, 6.07) is 4.22. The number of hydrogen-bond donors (Lipinski definition) is 2. The quantitative estimate of drug-likeness (QED) is 0.826. The molecule has 3 N–H and O–H groups in total. The van der Waals surface area contributed by atoms with Gasteiger partial charge in [0.15, 0.2) is 0 Å². The van der Waals surface area contributed by atoms with E-state index in [0.717, 1.165) is 37.5 Å². The van der Waals surface area contributed by atoms with E-state index in [1.807, 2.05) is 0 Å². The first-order valence-electron chi connectivity index (χ1n) is 6.69. The second kappa shape index (κ2) is 4.69. The summed E-state index contributed by atoms with van der Waals surface area (Å²) in [6.07, 6.45) is 7.75. The fraction of sp³-hybridized carbons (Fsp3) is 0.571. The van der Waals surface area contributed by atoms with Crippen LogP contribution in [0.2, 0.25) is 0 Å². The Hall–Kier alpha value is -1.42. The van der Waals surface area contributed by atoms with Gasteiger partial charge in [-0.1, -0.05) is 0 Å². The molecular weight excluding hydrogens is 226 g/mol. The zero-order valence-electron chi connectivity index (χ0n) is 10.4. The van der Waals surface area contributed by atoms with Crippen molar-refractivity contribution in [2.24, 2.45) is 17.6 Å². The molecule has 96 valence electrons. The molecule has 1 aromatic rings. The molecule has 0 saturated heterocycles. The van der Waals surface area contributed by atoms with Gasteiger partial charge in [-0.2, -0.15) is 0 Å². The van der Waals surface area contributed by atoms with Crippen LogP contribution < -0.4 is 11.1 Å². The van der Waals surface area contributed by atoms with E-state index < -0.39 is 0 Å². The standard InChI is InChI=1S/C14H19N3O/c15-12-5-10-7-13(8-11(10)6-12)17-14(18)9-1-3-16-4-2-9/h1-4,10-13H,5-8,15H2,(H,17,18). The zero-order valence-corrected chi connectivity index (χ0v) is 10.4. The molecule has 0 spiro atoms. The van der Waals surface area contributed by atoms with E-state index in [4.69, 9.17) is 5.73 Å². The van der Waals surface area contributed by atoms with Crippen molar-refractivity contribution in [2.45, 2.75) is 37.8 Å². The minimum Gasteiger partial charge on any atom is -0.349 e. The highest BCUT2D eigenvalue weighted by Gasteiger charge is 2.40. The van der Waals surface area contributed by atoms with Crippen LogP contribution in [0, 0.1) is 11.8 Å². The molecule has 2 atom stereocenters. The molecule has 2 saturated carbocycles. The molecule has 0 aliphatic heterocycles. The van der Waals surface area contributed by atoms with Crippen molar-refractivity contribution in [1.29, 1.82) is 0 Å². The second-order valence-electron chi connectivity index (χ2n) is 5.63. The molecule has 0 bridgehead atoms. The summed E-state index contributed by atoms with van der Waals surface area (Å²) in [5, 5.41) is 3.13. The van der Waals surface area contributed by atoms with Crippen LogP contribution in [-0.2, 0) is 0 Å². The lowest BCUT2D eigenvalue weighted by atomic mass is 10.0. The Labute approximate surface area is 107 Å². The number of nitrogens with zero attached hydrogens (tertiary/aromatic N) is 1. The third-order valence-corrected chi connectivity index (χ3v) is 4.33. The van der Waals surface area contributed by atoms with E-state index in [0.29, 0.717) is 17.6 Å². The highest BCUT2D eigenvalue weighted by atomic mass is 16.1. The number of nitrogens with two attached hydrogens (primary N) is 1. The summed E-state index contributed by atoms with van der Waals surface area (Å²) >= 11 is 0. The van der Waals surface area contributed by atoms with E-state index in [2.05, 4.69) is 10.3 Å². The van der Waals surface area contributed by atoms with Crippen LogP contribution in [0.3, 0.4) is 0 Å². The zero-order chi connectivity index (χ0) is 12.5. The predicted molar refractivity (Wildman–Crippen MR) is 68.9 cm³/mol. The van der Waals surface area contributed by atoms with Crippen LogP contribution in [0.4, 0.5) is 0 Å². The van der Waals surface area contributed by atoms with E-state index in [-0.39, 0.29) is 5.91 Å². The lowest BCUT2D eigenvalue weighted by molar-refractivity contribution is 0.0936. The molecule has 1 amide bonds. The topological polar surface area (TPSA) is 68.0 Å².